The Morgan fingerprint density at radius 2 is 2.15 bits per heavy atom. The first-order valence-corrected chi connectivity index (χ1v) is 7.01. The molecule has 1 aliphatic rings. The molecule has 1 N–H and O–H groups in total. The number of hydrogen-bond donors (Lipinski definition) is 1. The van der Waals surface area contributed by atoms with Gasteiger partial charge in [0.2, 0.25) is 5.75 Å². The van der Waals surface area contributed by atoms with Gasteiger partial charge >= 0.3 is 5.63 Å². The molecule has 0 saturated heterocycles. The monoisotopic (exact) mass is 294 g/mol. The van der Waals surface area contributed by atoms with E-state index < -0.39 is 5.63 Å². The predicted molar refractivity (Wildman–Crippen MR) is 76.7 cm³/mol. The number of aromatic hydroxyl groups is 1. The average Bonchev–Trinajstić information content (AvgIpc) is 2.39. The van der Waals surface area contributed by atoms with Crippen LogP contribution in [0.2, 0.25) is 0 Å². The van der Waals surface area contributed by atoms with E-state index in [1.54, 1.807) is 0 Å². The molecule has 3 rings (SSSR count). The first-order valence-electron chi connectivity index (χ1n) is 6.48. The summed E-state index contributed by atoms with van der Waals surface area (Å²) >= 11 is 5.87. The second-order valence-corrected chi connectivity index (χ2v) is 5.94. The van der Waals surface area contributed by atoms with Gasteiger partial charge in [-0.15, -0.1) is 11.6 Å². The van der Waals surface area contributed by atoms with E-state index in [9.17, 15) is 9.90 Å². The van der Waals surface area contributed by atoms with E-state index in [0.717, 1.165) is 18.4 Å². The fourth-order valence-electron chi connectivity index (χ4n) is 2.55. The molecule has 0 radical (unpaired) electrons. The highest BCUT2D eigenvalue weighted by Crippen LogP contribution is 2.44. The molecule has 0 saturated carbocycles. The minimum absolute atomic E-state index is 0.116. The maximum Gasteiger partial charge on any atom is 0.336 e. The van der Waals surface area contributed by atoms with E-state index in [1.165, 1.54) is 6.07 Å². The predicted octanol–water partition coefficient (Wildman–Crippen LogP) is 3.34. The number of ether oxygens (including phenoxy) is 1. The molecule has 4 nitrogen and oxygen atoms in total. The lowest BCUT2D eigenvalue weighted by atomic mass is 9.92. The van der Waals surface area contributed by atoms with Crippen molar-refractivity contribution in [3.8, 4) is 11.5 Å². The van der Waals surface area contributed by atoms with Gasteiger partial charge < -0.3 is 14.3 Å². The van der Waals surface area contributed by atoms with Gasteiger partial charge in [0.15, 0.2) is 11.3 Å². The molecular weight excluding hydrogens is 280 g/mol. The summed E-state index contributed by atoms with van der Waals surface area (Å²) in [4.78, 5) is 11.5. The summed E-state index contributed by atoms with van der Waals surface area (Å²) in [7, 11) is 0. The molecule has 0 bridgehead atoms. The Morgan fingerprint density at radius 3 is 2.85 bits per heavy atom. The third-order valence-corrected chi connectivity index (χ3v) is 3.93. The Labute approximate surface area is 120 Å². The van der Waals surface area contributed by atoms with Crippen molar-refractivity contribution < 1.29 is 14.3 Å². The number of fused-ring (bicyclic) bond motifs is 2. The van der Waals surface area contributed by atoms with E-state index in [-0.39, 0.29) is 22.8 Å². The third kappa shape index (κ3) is 2.04. The second kappa shape index (κ2) is 4.42. The zero-order valence-corrected chi connectivity index (χ0v) is 12.1. The number of rotatable bonds is 1. The number of hydrogen-bond acceptors (Lipinski definition) is 4. The largest absolute Gasteiger partial charge is 0.502 e. The van der Waals surface area contributed by atoms with Gasteiger partial charge in [-0.1, -0.05) is 0 Å². The van der Waals surface area contributed by atoms with Crippen molar-refractivity contribution in [2.75, 3.05) is 0 Å². The van der Waals surface area contributed by atoms with Crippen LogP contribution in [0.15, 0.2) is 21.3 Å². The summed E-state index contributed by atoms with van der Waals surface area (Å²) in [6, 6.07) is 3.25. The van der Waals surface area contributed by atoms with E-state index in [2.05, 4.69) is 0 Å². The van der Waals surface area contributed by atoms with E-state index in [4.69, 9.17) is 20.8 Å². The van der Waals surface area contributed by atoms with Crippen LogP contribution in [0.4, 0.5) is 0 Å². The average molecular weight is 295 g/mol. The molecule has 0 fully saturated rings. The Hall–Kier alpha value is -1.68. The van der Waals surface area contributed by atoms with Gasteiger partial charge in [-0.25, -0.2) is 4.79 Å². The van der Waals surface area contributed by atoms with Crippen molar-refractivity contribution in [2.45, 2.75) is 38.2 Å². The van der Waals surface area contributed by atoms with Crippen LogP contribution in [-0.2, 0) is 12.3 Å². The van der Waals surface area contributed by atoms with Gasteiger partial charge in [-0.3, -0.25) is 0 Å². The molecule has 2 aromatic rings. The van der Waals surface area contributed by atoms with Crippen LogP contribution in [-0.4, -0.2) is 10.7 Å². The highest BCUT2D eigenvalue weighted by atomic mass is 35.5. The lowest BCUT2D eigenvalue weighted by Gasteiger charge is -2.33. The number of benzene rings is 1. The molecule has 1 aliphatic heterocycles. The fourth-order valence-corrected chi connectivity index (χ4v) is 2.77. The number of alkyl halides is 1. The fraction of sp³-hybridized carbons (Fsp3) is 0.400. The Kier molecular flexibility index (Phi) is 2.94. The van der Waals surface area contributed by atoms with Crippen molar-refractivity contribution in [3.63, 3.8) is 0 Å². The lowest BCUT2D eigenvalue weighted by molar-refractivity contribution is 0.0808. The van der Waals surface area contributed by atoms with Crippen molar-refractivity contribution in [3.05, 3.63) is 33.7 Å². The van der Waals surface area contributed by atoms with Gasteiger partial charge in [0.1, 0.15) is 5.60 Å². The van der Waals surface area contributed by atoms with Crippen molar-refractivity contribution >= 4 is 22.6 Å². The zero-order chi connectivity index (χ0) is 14.5. The standard InChI is InChI=1S/C15H15ClO4/c1-15(2)4-3-8-5-10-9(7-16)6-11(17)19-14(10)12(18)13(8)20-15/h5-6,18H,3-4,7H2,1-2H3. The molecular formula is C15H15ClO4. The summed E-state index contributed by atoms with van der Waals surface area (Å²) < 4.78 is 11.0. The van der Waals surface area contributed by atoms with Crippen LogP contribution in [0.3, 0.4) is 0 Å². The summed E-state index contributed by atoms with van der Waals surface area (Å²) in [5.41, 5.74) is 0.834. The van der Waals surface area contributed by atoms with E-state index in [0.29, 0.717) is 16.7 Å². The van der Waals surface area contributed by atoms with Gasteiger partial charge in [0.25, 0.3) is 0 Å². The topological polar surface area (TPSA) is 59.7 Å². The molecule has 0 atom stereocenters. The van der Waals surface area contributed by atoms with Crippen LogP contribution in [0.25, 0.3) is 11.0 Å². The molecule has 0 unspecified atom stereocenters. The van der Waals surface area contributed by atoms with Gasteiger partial charge in [-0.05, 0) is 43.9 Å². The minimum Gasteiger partial charge on any atom is -0.502 e. The normalized spacial score (nSPS) is 16.8. The van der Waals surface area contributed by atoms with E-state index >= 15 is 0 Å². The number of phenolic OH excluding ortho intramolecular Hbond substituents is 1. The molecule has 0 spiro atoms. The minimum atomic E-state index is -0.529. The van der Waals surface area contributed by atoms with Crippen LogP contribution in [0.1, 0.15) is 31.4 Å². The summed E-state index contributed by atoms with van der Waals surface area (Å²) in [6.07, 6.45) is 1.66. The van der Waals surface area contributed by atoms with Crippen LogP contribution in [0, 0.1) is 0 Å². The highest BCUT2D eigenvalue weighted by Gasteiger charge is 2.30. The number of aryl methyl sites for hydroxylation is 1. The van der Waals surface area contributed by atoms with Crippen molar-refractivity contribution in [1.29, 1.82) is 0 Å². The Bertz CT molecular complexity index is 746. The maximum absolute atomic E-state index is 11.5. The van der Waals surface area contributed by atoms with Crippen molar-refractivity contribution in [1.82, 2.24) is 0 Å². The van der Waals surface area contributed by atoms with Gasteiger partial charge in [0, 0.05) is 17.3 Å². The number of phenols is 1. The zero-order valence-electron chi connectivity index (χ0n) is 11.3. The highest BCUT2D eigenvalue weighted by molar-refractivity contribution is 6.18. The summed E-state index contributed by atoms with van der Waals surface area (Å²) in [6.45, 7) is 3.93. The van der Waals surface area contributed by atoms with Gasteiger partial charge in [-0.2, -0.15) is 0 Å². The third-order valence-electron chi connectivity index (χ3n) is 3.64. The molecule has 1 aromatic heterocycles. The molecule has 2 heterocycles. The maximum atomic E-state index is 11.5. The smallest absolute Gasteiger partial charge is 0.336 e. The first-order chi connectivity index (χ1) is 9.41. The second-order valence-electron chi connectivity index (χ2n) is 5.68. The molecule has 0 aliphatic carbocycles. The molecule has 20 heavy (non-hydrogen) atoms. The quantitative estimate of drug-likeness (QED) is 0.647. The molecule has 0 amide bonds. The molecule has 106 valence electrons. The molecule has 1 aromatic carbocycles. The molecule has 5 heteroatoms. The first kappa shape index (κ1) is 13.3. The van der Waals surface area contributed by atoms with Crippen molar-refractivity contribution in [2.24, 2.45) is 0 Å². The van der Waals surface area contributed by atoms with E-state index in [1.807, 2.05) is 19.9 Å². The Balaban J connectivity index is 2.34. The van der Waals surface area contributed by atoms with Crippen LogP contribution >= 0.6 is 11.6 Å². The lowest BCUT2D eigenvalue weighted by Crippen LogP contribution is -2.32. The SMILES string of the molecule is CC1(C)CCc2cc3c(CCl)cc(=O)oc3c(O)c2O1. The Morgan fingerprint density at radius 1 is 1.40 bits per heavy atom. The van der Waals surface area contributed by atoms with Gasteiger partial charge in [0.05, 0.1) is 0 Å². The van der Waals surface area contributed by atoms with Crippen LogP contribution in [0.5, 0.6) is 11.5 Å². The number of halogens is 1. The summed E-state index contributed by atoms with van der Waals surface area (Å²) in [5.74, 6) is 0.477. The summed E-state index contributed by atoms with van der Waals surface area (Å²) in [5, 5.41) is 11.0. The van der Waals surface area contributed by atoms with Crippen LogP contribution < -0.4 is 10.4 Å².